The van der Waals surface area contributed by atoms with Crippen molar-refractivity contribution < 1.29 is 0 Å². The van der Waals surface area contributed by atoms with Crippen LogP contribution in [0, 0.1) is 17.8 Å². The molecule has 3 heteroatoms. The fourth-order valence-corrected chi connectivity index (χ4v) is 2.53. The van der Waals surface area contributed by atoms with E-state index in [0.29, 0.717) is 0 Å². The third-order valence-corrected chi connectivity index (χ3v) is 3.35. The Morgan fingerprint density at radius 3 is 2.58 bits per heavy atom. The molecule has 0 aliphatic carbocycles. The second-order valence-electron chi connectivity index (χ2n) is 2.92. The molecular formula is C9H9NS2. The maximum atomic E-state index is 5.10. The Bertz CT molecular complexity index is 437. The lowest BCUT2D eigenvalue weighted by Gasteiger charge is -1.97. The second-order valence-corrected chi connectivity index (χ2v) is 4.61. The van der Waals surface area contributed by atoms with E-state index in [1.165, 1.54) is 21.3 Å². The normalized spacial score (nSPS) is 10.8. The molecule has 0 aliphatic heterocycles. The minimum atomic E-state index is 0.863. The highest BCUT2D eigenvalue weighted by Crippen LogP contribution is 2.25. The highest BCUT2D eigenvalue weighted by Gasteiger charge is 2.02. The molecule has 12 heavy (non-hydrogen) atoms. The van der Waals surface area contributed by atoms with E-state index in [4.69, 9.17) is 12.2 Å². The van der Waals surface area contributed by atoms with Gasteiger partial charge >= 0.3 is 0 Å². The Hall–Kier alpha value is -0.670. The zero-order chi connectivity index (χ0) is 8.72. The highest BCUT2D eigenvalue weighted by atomic mass is 32.1. The molecule has 0 bridgehead atoms. The van der Waals surface area contributed by atoms with Gasteiger partial charge in [0.2, 0.25) is 0 Å². The molecule has 0 saturated carbocycles. The predicted octanol–water partition coefficient (Wildman–Crippen LogP) is 3.58. The van der Waals surface area contributed by atoms with E-state index in [-0.39, 0.29) is 0 Å². The number of hydrogen-bond donors (Lipinski definition) is 1. The number of benzene rings is 1. The molecule has 62 valence electrons. The van der Waals surface area contributed by atoms with Gasteiger partial charge in [0.25, 0.3) is 0 Å². The average molecular weight is 195 g/mol. The first kappa shape index (κ1) is 7.95. The Balaban J connectivity index is 3.03. The number of fused-ring (bicyclic) bond motifs is 1. The van der Waals surface area contributed by atoms with E-state index < -0.39 is 0 Å². The van der Waals surface area contributed by atoms with Crippen molar-refractivity contribution in [2.24, 2.45) is 0 Å². The third kappa shape index (κ3) is 1.09. The highest BCUT2D eigenvalue weighted by molar-refractivity contribution is 7.73. The van der Waals surface area contributed by atoms with Gasteiger partial charge in [-0.05, 0) is 37.2 Å². The first-order chi connectivity index (χ1) is 5.68. The average Bonchev–Trinajstić information content (AvgIpc) is 2.41. The summed E-state index contributed by atoms with van der Waals surface area (Å²) in [5.41, 5.74) is 3.76. The zero-order valence-electron chi connectivity index (χ0n) is 6.97. The molecule has 2 rings (SSSR count). The van der Waals surface area contributed by atoms with Crippen LogP contribution in [0.25, 0.3) is 10.2 Å². The molecule has 0 fully saturated rings. The lowest BCUT2D eigenvalue weighted by atomic mass is 10.1. The number of rotatable bonds is 0. The number of thiazole rings is 1. The van der Waals surface area contributed by atoms with Gasteiger partial charge in [-0.2, -0.15) is 0 Å². The second kappa shape index (κ2) is 2.68. The molecule has 0 unspecified atom stereocenters. The number of hydrogen-bond acceptors (Lipinski definition) is 2. The Kier molecular flexibility index (Phi) is 1.77. The number of H-pyrrole nitrogens is 1. The quantitative estimate of drug-likeness (QED) is 0.635. The summed E-state index contributed by atoms with van der Waals surface area (Å²) < 4.78 is 2.16. The molecule has 0 saturated heterocycles. The summed E-state index contributed by atoms with van der Waals surface area (Å²) in [6.45, 7) is 4.21. The Morgan fingerprint density at radius 1 is 1.25 bits per heavy atom. The Morgan fingerprint density at radius 2 is 1.92 bits per heavy atom. The zero-order valence-corrected chi connectivity index (χ0v) is 8.60. The van der Waals surface area contributed by atoms with Crippen LogP contribution in [0.1, 0.15) is 11.1 Å². The van der Waals surface area contributed by atoms with E-state index in [9.17, 15) is 0 Å². The lowest BCUT2D eigenvalue weighted by Crippen LogP contribution is -1.78. The third-order valence-electron chi connectivity index (χ3n) is 1.98. The van der Waals surface area contributed by atoms with Crippen molar-refractivity contribution in [3.05, 3.63) is 27.2 Å². The minimum absolute atomic E-state index is 0.863. The van der Waals surface area contributed by atoms with Gasteiger partial charge in [0, 0.05) is 0 Å². The number of nitrogens with one attached hydrogen (secondary N) is 1. The van der Waals surface area contributed by atoms with Crippen LogP contribution >= 0.6 is 23.6 Å². The maximum Gasteiger partial charge on any atom is 0.159 e. The van der Waals surface area contributed by atoms with Gasteiger partial charge in [0.1, 0.15) is 0 Å². The molecule has 0 atom stereocenters. The van der Waals surface area contributed by atoms with Crippen LogP contribution in [0.5, 0.6) is 0 Å². The van der Waals surface area contributed by atoms with Crippen LogP contribution in [-0.2, 0) is 0 Å². The predicted molar refractivity (Wildman–Crippen MR) is 56.5 cm³/mol. The number of aromatic nitrogens is 1. The maximum absolute atomic E-state index is 5.10. The largest absolute Gasteiger partial charge is 0.337 e. The van der Waals surface area contributed by atoms with Gasteiger partial charge in [-0.15, -0.1) is 11.3 Å². The summed E-state index contributed by atoms with van der Waals surface area (Å²) in [4.78, 5) is 3.20. The van der Waals surface area contributed by atoms with Crippen LogP contribution in [0.15, 0.2) is 12.1 Å². The molecule has 0 amide bonds. The molecule has 1 N–H and O–H groups in total. The summed E-state index contributed by atoms with van der Waals surface area (Å²) in [7, 11) is 0. The molecule has 1 aromatic heterocycles. The van der Waals surface area contributed by atoms with Crippen LogP contribution in [-0.4, -0.2) is 4.98 Å². The summed E-state index contributed by atoms with van der Waals surface area (Å²) in [6, 6.07) is 4.26. The Labute approximate surface area is 80.1 Å². The molecule has 0 aliphatic rings. The summed E-state index contributed by atoms with van der Waals surface area (Å²) in [5.74, 6) is 0. The van der Waals surface area contributed by atoms with Crippen molar-refractivity contribution in [2.45, 2.75) is 13.8 Å². The molecule has 0 radical (unpaired) electrons. The van der Waals surface area contributed by atoms with Gasteiger partial charge in [0.15, 0.2) is 3.95 Å². The fraction of sp³-hybridized carbons (Fsp3) is 0.222. The van der Waals surface area contributed by atoms with Crippen molar-refractivity contribution in [1.29, 1.82) is 0 Å². The van der Waals surface area contributed by atoms with Gasteiger partial charge in [-0.25, -0.2) is 0 Å². The first-order valence-electron chi connectivity index (χ1n) is 3.77. The van der Waals surface area contributed by atoms with Crippen LogP contribution in [0.3, 0.4) is 0 Å². The topological polar surface area (TPSA) is 15.8 Å². The van der Waals surface area contributed by atoms with Crippen LogP contribution < -0.4 is 0 Å². The smallest absolute Gasteiger partial charge is 0.159 e. The lowest BCUT2D eigenvalue weighted by molar-refractivity contribution is 1.39. The van der Waals surface area contributed by atoms with Crippen molar-refractivity contribution in [1.82, 2.24) is 4.98 Å². The SMILES string of the molecule is Cc1ccc(C)c2sc(=S)[nH]c12. The fourth-order valence-electron chi connectivity index (χ4n) is 1.29. The summed E-state index contributed by atoms with van der Waals surface area (Å²) in [5, 5.41) is 0. The van der Waals surface area contributed by atoms with Crippen molar-refractivity contribution in [2.75, 3.05) is 0 Å². The standard InChI is InChI=1S/C9H9NS2/c1-5-3-4-6(2)8-7(5)10-9(11)12-8/h3-4H,1-2H3,(H,10,11). The van der Waals surface area contributed by atoms with E-state index in [1.54, 1.807) is 11.3 Å². The van der Waals surface area contributed by atoms with Gasteiger partial charge < -0.3 is 4.98 Å². The summed E-state index contributed by atoms with van der Waals surface area (Å²) in [6.07, 6.45) is 0. The summed E-state index contributed by atoms with van der Waals surface area (Å²) >= 11 is 6.75. The molecule has 1 heterocycles. The minimum Gasteiger partial charge on any atom is -0.337 e. The monoisotopic (exact) mass is 195 g/mol. The van der Waals surface area contributed by atoms with E-state index in [2.05, 4.69) is 31.0 Å². The van der Waals surface area contributed by atoms with E-state index in [1.807, 2.05) is 0 Å². The number of aryl methyl sites for hydroxylation is 2. The molecule has 1 aromatic carbocycles. The molecule has 0 spiro atoms. The van der Waals surface area contributed by atoms with Crippen molar-refractivity contribution >= 4 is 33.8 Å². The molecular weight excluding hydrogens is 186 g/mol. The number of aromatic amines is 1. The van der Waals surface area contributed by atoms with Crippen molar-refractivity contribution in [3.8, 4) is 0 Å². The first-order valence-corrected chi connectivity index (χ1v) is 5.00. The van der Waals surface area contributed by atoms with Gasteiger partial charge in [-0.3, -0.25) is 0 Å². The van der Waals surface area contributed by atoms with E-state index >= 15 is 0 Å². The van der Waals surface area contributed by atoms with Crippen LogP contribution in [0.4, 0.5) is 0 Å². The van der Waals surface area contributed by atoms with Gasteiger partial charge in [-0.1, -0.05) is 12.1 Å². The van der Waals surface area contributed by atoms with Crippen LogP contribution in [0.2, 0.25) is 0 Å². The molecule has 2 aromatic rings. The molecule has 1 nitrogen and oxygen atoms in total. The van der Waals surface area contributed by atoms with Gasteiger partial charge in [0.05, 0.1) is 10.2 Å². The van der Waals surface area contributed by atoms with E-state index in [0.717, 1.165) is 3.95 Å². The van der Waals surface area contributed by atoms with Crippen molar-refractivity contribution in [3.63, 3.8) is 0 Å².